The molecule has 2 N–H and O–H groups in total. The van der Waals surface area contributed by atoms with E-state index in [-0.39, 0.29) is 12.6 Å². The van der Waals surface area contributed by atoms with Gasteiger partial charge < -0.3 is 29.3 Å². The predicted molar refractivity (Wildman–Crippen MR) is 139 cm³/mol. The maximum Gasteiger partial charge on any atom is 0.407 e. The van der Waals surface area contributed by atoms with E-state index in [0.717, 1.165) is 57.0 Å². The van der Waals surface area contributed by atoms with Gasteiger partial charge in [-0.05, 0) is 64.1 Å². The molecule has 1 aliphatic carbocycles. The van der Waals surface area contributed by atoms with E-state index >= 15 is 0 Å². The van der Waals surface area contributed by atoms with Crippen LogP contribution in [-0.2, 0) is 16.0 Å². The molecule has 0 unspecified atom stereocenters. The highest BCUT2D eigenvalue weighted by Crippen LogP contribution is 2.32. The molecule has 0 radical (unpaired) electrons. The number of aromatic nitrogens is 3. The second-order valence-corrected chi connectivity index (χ2v) is 11.2. The maximum absolute atomic E-state index is 11.9. The van der Waals surface area contributed by atoms with E-state index in [1.165, 1.54) is 11.5 Å². The molecule has 0 bridgehead atoms. The van der Waals surface area contributed by atoms with Gasteiger partial charge >= 0.3 is 6.09 Å². The van der Waals surface area contributed by atoms with Crippen LogP contribution in [0.3, 0.4) is 0 Å². The number of rotatable bonds is 7. The normalized spacial score (nSPS) is 21.1. The molecule has 1 aliphatic heterocycles. The van der Waals surface area contributed by atoms with E-state index < -0.39 is 11.7 Å². The van der Waals surface area contributed by atoms with Gasteiger partial charge in [0.1, 0.15) is 22.2 Å². The Hall–Kier alpha value is -2.96. The maximum atomic E-state index is 11.9. The van der Waals surface area contributed by atoms with Crippen molar-refractivity contribution in [1.82, 2.24) is 24.6 Å². The first-order valence-electron chi connectivity index (χ1n) is 12.8. The lowest BCUT2D eigenvalue weighted by molar-refractivity contribution is -0.00133. The molecule has 2 fully saturated rings. The number of fused-ring (bicyclic) bond motifs is 1. The van der Waals surface area contributed by atoms with E-state index in [9.17, 15) is 4.79 Å². The Morgan fingerprint density at radius 2 is 1.97 bits per heavy atom. The topological polar surface area (TPSA) is 124 Å². The quantitative estimate of drug-likeness (QED) is 0.452. The van der Waals surface area contributed by atoms with Crippen molar-refractivity contribution in [3.05, 3.63) is 24.1 Å². The molecule has 0 spiro atoms. The molecule has 2 aliphatic rings. The first-order valence-corrected chi connectivity index (χ1v) is 13.5. The summed E-state index contributed by atoms with van der Waals surface area (Å²) in [6, 6.07) is 4.24. The lowest BCUT2D eigenvalue weighted by Crippen LogP contribution is -2.46. The van der Waals surface area contributed by atoms with Gasteiger partial charge in [-0.15, -0.1) is 0 Å². The van der Waals surface area contributed by atoms with Gasteiger partial charge in [0, 0.05) is 25.2 Å². The number of carbonyl (C=O) groups is 1. The first kappa shape index (κ1) is 25.7. The Morgan fingerprint density at radius 3 is 2.73 bits per heavy atom. The van der Waals surface area contributed by atoms with Crippen LogP contribution in [-0.4, -0.2) is 69.4 Å². The van der Waals surface area contributed by atoms with E-state index in [1.807, 2.05) is 26.8 Å². The number of hydrogen-bond donors (Lipinski definition) is 2. The SMILES string of the molecule is CC(C)(C)OC(=O)NCc1cc(Nc2nc(OC3CCC(N4CCOCC4)CC3)c3occc3n2)sn1. The molecular weight excluding hydrogens is 496 g/mol. The summed E-state index contributed by atoms with van der Waals surface area (Å²) in [6.45, 7) is 9.40. The molecule has 1 saturated carbocycles. The van der Waals surface area contributed by atoms with E-state index in [4.69, 9.17) is 18.6 Å². The van der Waals surface area contributed by atoms with Crippen molar-refractivity contribution in [3.8, 4) is 5.88 Å². The van der Waals surface area contributed by atoms with Gasteiger partial charge in [-0.3, -0.25) is 4.90 Å². The zero-order valence-corrected chi connectivity index (χ0v) is 22.3. The number of anilines is 2. The number of amides is 1. The van der Waals surface area contributed by atoms with Crippen LogP contribution in [0, 0.1) is 0 Å². The lowest BCUT2D eigenvalue weighted by atomic mass is 9.91. The van der Waals surface area contributed by atoms with Crippen molar-refractivity contribution in [2.45, 2.75) is 70.7 Å². The van der Waals surface area contributed by atoms with Gasteiger partial charge in [-0.2, -0.15) is 9.36 Å². The van der Waals surface area contributed by atoms with Crippen molar-refractivity contribution in [1.29, 1.82) is 0 Å². The third kappa shape index (κ3) is 6.88. The summed E-state index contributed by atoms with van der Waals surface area (Å²) in [7, 11) is 0. The lowest BCUT2D eigenvalue weighted by Gasteiger charge is -2.38. The van der Waals surface area contributed by atoms with Crippen LogP contribution in [0.2, 0.25) is 0 Å². The summed E-state index contributed by atoms with van der Waals surface area (Å²) in [5.74, 6) is 0.852. The van der Waals surface area contributed by atoms with Crippen LogP contribution in [0.25, 0.3) is 11.1 Å². The molecule has 1 amide bonds. The van der Waals surface area contributed by atoms with Gasteiger partial charge in [-0.1, -0.05) is 0 Å². The van der Waals surface area contributed by atoms with Crippen molar-refractivity contribution in [2.75, 3.05) is 31.6 Å². The highest BCUT2D eigenvalue weighted by atomic mass is 32.1. The van der Waals surface area contributed by atoms with Crippen LogP contribution in [0.15, 0.2) is 22.8 Å². The molecule has 0 aromatic carbocycles. The van der Waals surface area contributed by atoms with Crippen LogP contribution in [0.4, 0.5) is 15.7 Å². The Morgan fingerprint density at radius 1 is 1.19 bits per heavy atom. The Labute approximate surface area is 220 Å². The molecule has 0 atom stereocenters. The second-order valence-electron chi connectivity index (χ2n) is 10.3. The molecule has 37 heavy (non-hydrogen) atoms. The van der Waals surface area contributed by atoms with Crippen LogP contribution < -0.4 is 15.4 Å². The van der Waals surface area contributed by atoms with Gasteiger partial charge in [0.25, 0.3) is 5.88 Å². The molecule has 5 rings (SSSR count). The predicted octanol–water partition coefficient (Wildman–Crippen LogP) is 4.47. The number of carbonyl (C=O) groups excluding carboxylic acids is 1. The number of morpholine rings is 1. The van der Waals surface area contributed by atoms with Crippen molar-refractivity contribution < 1.29 is 23.4 Å². The molecule has 11 nitrogen and oxygen atoms in total. The van der Waals surface area contributed by atoms with Crippen LogP contribution in [0.1, 0.15) is 52.1 Å². The molecule has 3 aromatic rings. The average molecular weight is 531 g/mol. The highest BCUT2D eigenvalue weighted by molar-refractivity contribution is 7.10. The summed E-state index contributed by atoms with van der Waals surface area (Å²) in [4.78, 5) is 23.6. The van der Waals surface area contributed by atoms with Gasteiger partial charge in [0.15, 0.2) is 0 Å². The largest absolute Gasteiger partial charge is 0.472 e. The molecule has 4 heterocycles. The van der Waals surface area contributed by atoms with Gasteiger partial charge in [-0.25, -0.2) is 9.78 Å². The summed E-state index contributed by atoms with van der Waals surface area (Å²) in [5, 5.41) is 6.67. The summed E-state index contributed by atoms with van der Waals surface area (Å²) < 4.78 is 27.1. The fraction of sp³-hybridized carbons (Fsp3) is 0.600. The Balaban J connectivity index is 1.19. The first-order chi connectivity index (χ1) is 17.8. The third-order valence-corrected chi connectivity index (χ3v) is 7.11. The minimum absolute atomic E-state index is 0.0854. The van der Waals surface area contributed by atoms with E-state index in [0.29, 0.717) is 34.7 Å². The Kier molecular flexibility index (Phi) is 7.77. The number of alkyl carbamates (subject to hydrolysis) is 1. The summed E-state index contributed by atoms with van der Waals surface area (Å²) >= 11 is 1.26. The minimum atomic E-state index is -0.552. The zero-order chi connectivity index (χ0) is 25.8. The molecule has 200 valence electrons. The molecular formula is C25H34N6O5S. The fourth-order valence-corrected chi connectivity index (χ4v) is 5.30. The highest BCUT2D eigenvalue weighted by Gasteiger charge is 2.29. The van der Waals surface area contributed by atoms with Gasteiger partial charge in [0.05, 0.1) is 31.7 Å². The second kappa shape index (κ2) is 11.2. The van der Waals surface area contributed by atoms with Crippen LogP contribution >= 0.6 is 11.5 Å². The number of hydrogen-bond acceptors (Lipinski definition) is 11. The standard InChI is InChI=1S/C25H34N6O5S/c1-25(2,3)36-24(32)26-15-16-14-20(37-30-16)28-23-27-19-8-11-34-21(19)22(29-23)35-18-6-4-17(5-7-18)31-9-12-33-13-10-31/h8,11,14,17-18H,4-7,9-10,12-13,15H2,1-3H3,(H,26,32)(H,27,28,29). The summed E-state index contributed by atoms with van der Waals surface area (Å²) in [6.07, 6.45) is 5.34. The summed E-state index contributed by atoms with van der Waals surface area (Å²) in [5.41, 5.74) is 1.37. The number of nitrogens with one attached hydrogen (secondary N) is 2. The van der Waals surface area contributed by atoms with Crippen LogP contribution in [0.5, 0.6) is 5.88 Å². The smallest absolute Gasteiger partial charge is 0.407 e. The van der Waals surface area contributed by atoms with Gasteiger partial charge in [0.2, 0.25) is 11.5 Å². The average Bonchev–Trinajstić information content (AvgIpc) is 3.52. The molecule has 1 saturated heterocycles. The minimum Gasteiger partial charge on any atom is -0.472 e. The van der Waals surface area contributed by atoms with Crippen molar-refractivity contribution in [3.63, 3.8) is 0 Å². The molecule has 12 heteroatoms. The molecule has 3 aromatic heterocycles. The monoisotopic (exact) mass is 530 g/mol. The van der Waals surface area contributed by atoms with Crippen molar-refractivity contribution in [2.24, 2.45) is 0 Å². The van der Waals surface area contributed by atoms with E-state index in [2.05, 4.69) is 29.9 Å². The number of ether oxygens (including phenoxy) is 3. The number of nitrogens with zero attached hydrogens (tertiary/aromatic N) is 4. The van der Waals surface area contributed by atoms with Crippen molar-refractivity contribution >= 4 is 39.7 Å². The number of furan rings is 1. The Bertz CT molecular complexity index is 1190. The zero-order valence-electron chi connectivity index (χ0n) is 21.5. The van der Waals surface area contributed by atoms with E-state index in [1.54, 1.807) is 12.3 Å². The fourth-order valence-electron chi connectivity index (χ4n) is 4.64. The third-order valence-electron chi connectivity index (χ3n) is 6.36.